The first-order valence-electron chi connectivity index (χ1n) is 5.98. The zero-order valence-electron chi connectivity index (χ0n) is 10.4. The van der Waals surface area contributed by atoms with Crippen LogP contribution in [0.1, 0.15) is 13.3 Å². The number of nitrogen functional groups attached to an aromatic ring is 1. The quantitative estimate of drug-likeness (QED) is 0.554. The molecule has 1 aromatic carbocycles. The Morgan fingerprint density at radius 2 is 1.83 bits per heavy atom. The van der Waals surface area contributed by atoms with Crippen LogP contribution in [0.4, 0.5) is 11.6 Å². The summed E-state index contributed by atoms with van der Waals surface area (Å²) in [5.41, 5.74) is 3.53. The minimum Gasteiger partial charge on any atom is -0.370 e. The van der Waals surface area contributed by atoms with E-state index in [0.717, 1.165) is 24.3 Å². The second-order valence-corrected chi connectivity index (χ2v) is 3.90. The zero-order valence-corrected chi connectivity index (χ0v) is 10.4. The number of hydrogen-bond donors (Lipinski definition) is 3. The van der Waals surface area contributed by atoms with Gasteiger partial charge in [-0.1, -0.05) is 37.3 Å². The molecule has 0 saturated heterocycles. The van der Waals surface area contributed by atoms with Gasteiger partial charge in [0.2, 0.25) is 0 Å². The molecule has 5 heteroatoms. The Balaban J connectivity index is 2.35. The molecule has 0 bridgehead atoms. The number of hydrazine groups is 1. The van der Waals surface area contributed by atoms with Crippen molar-refractivity contribution >= 4 is 11.6 Å². The van der Waals surface area contributed by atoms with Gasteiger partial charge in [-0.2, -0.15) is 0 Å². The number of nitrogens with one attached hydrogen (secondary N) is 2. The summed E-state index contributed by atoms with van der Waals surface area (Å²) in [4.78, 5) is 8.81. The molecular weight excluding hydrogens is 226 g/mol. The van der Waals surface area contributed by atoms with Gasteiger partial charge in [0.25, 0.3) is 0 Å². The maximum Gasteiger partial charge on any atom is 0.163 e. The second-order valence-electron chi connectivity index (χ2n) is 3.90. The molecule has 0 saturated carbocycles. The van der Waals surface area contributed by atoms with E-state index in [0.29, 0.717) is 11.6 Å². The Labute approximate surface area is 106 Å². The molecule has 1 aromatic heterocycles. The number of nitrogens with two attached hydrogens (primary N) is 1. The monoisotopic (exact) mass is 243 g/mol. The topological polar surface area (TPSA) is 75.9 Å². The van der Waals surface area contributed by atoms with Gasteiger partial charge in [-0.05, 0) is 6.42 Å². The number of anilines is 2. The number of benzene rings is 1. The Hall–Kier alpha value is -2.14. The highest BCUT2D eigenvalue weighted by atomic mass is 15.3. The average Bonchev–Trinajstić information content (AvgIpc) is 2.45. The molecule has 0 aliphatic rings. The van der Waals surface area contributed by atoms with Gasteiger partial charge in [-0.15, -0.1) is 0 Å². The minimum absolute atomic E-state index is 0.599. The maximum atomic E-state index is 5.43. The van der Waals surface area contributed by atoms with Crippen LogP contribution in [0.5, 0.6) is 0 Å². The highest BCUT2D eigenvalue weighted by Gasteiger charge is 2.05. The average molecular weight is 243 g/mol. The third-order valence-corrected chi connectivity index (χ3v) is 2.46. The first kappa shape index (κ1) is 12.3. The van der Waals surface area contributed by atoms with Crippen LogP contribution in [0.25, 0.3) is 11.4 Å². The lowest BCUT2D eigenvalue weighted by Gasteiger charge is -2.09. The van der Waals surface area contributed by atoms with E-state index in [1.54, 1.807) is 6.07 Å². The number of aromatic nitrogens is 2. The van der Waals surface area contributed by atoms with Crippen molar-refractivity contribution in [2.45, 2.75) is 13.3 Å². The van der Waals surface area contributed by atoms with Crippen molar-refractivity contribution in [2.75, 3.05) is 17.3 Å². The molecule has 0 fully saturated rings. The lowest BCUT2D eigenvalue weighted by atomic mass is 10.2. The van der Waals surface area contributed by atoms with Crippen LogP contribution < -0.4 is 16.6 Å². The van der Waals surface area contributed by atoms with Gasteiger partial charge in [0.05, 0.1) is 0 Å². The van der Waals surface area contributed by atoms with Crippen LogP contribution in [-0.2, 0) is 0 Å². The summed E-state index contributed by atoms with van der Waals surface area (Å²) >= 11 is 0. The lowest BCUT2D eigenvalue weighted by molar-refractivity contribution is 0.965. The standard InChI is InChI=1S/C13H17N5/c1-2-8-15-11-9-12(18-14)17-13(16-11)10-6-4-3-5-7-10/h3-7,9H,2,8,14H2,1H3,(H2,15,16,17,18). The van der Waals surface area contributed by atoms with Crippen molar-refractivity contribution in [2.24, 2.45) is 5.84 Å². The van der Waals surface area contributed by atoms with Gasteiger partial charge in [0.1, 0.15) is 11.6 Å². The van der Waals surface area contributed by atoms with Crippen LogP contribution in [0.2, 0.25) is 0 Å². The molecule has 18 heavy (non-hydrogen) atoms. The molecule has 0 aliphatic heterocycles. The normalized spacial score (nSPS) is 10.1. The fourth-order valence-corrected chi connectivity index (χ4v) is 1.58. The third kappa shape index (κ3) is 2.95. The molecule has 0 radical (unpaired) electrons. The Kier molecular flexibility index (Phi) is 4.09. The summed E-state index contributed by atoms with van der Waals surface area (Å²) in [5.74, 6) is 7.46. The summed E-state index contributed by atoms with van der Waals surface area (Å²) in [6, 6.07) is 11.6. The molecule has 4 N–H and O–H groups in total. The molecule has 0 atom stereocenters. The van der Waals surface area contributed by atoms with E-state index >= 15 is 0 Å². The van der Waals surface area contributed by atoms with Crippen molar-refractivity contribution in [3.05, 3.63) is 36.4 Å². The van der Waals surface area contributed by atoms with Gasteiger partial charge in [-0.3, -0.25) is 0 Å². The van der Waals surface area contributed by atoms with E-state index < -0.39 is 0 Å². The van der Waals surface area contributed by atoms with Crippen molar-refractivity contribution in [3.8, 4) is 11.4 Å². The first-order chi connectivity index (χ1) is 8.83. The molecule has 2 aromatic rings. The number of hydrogen-bond acceptors (Lipinski definition) is 5. The second kappa shape index (κ2) is 5.97. The predicted molar refractivity (Wildman–Crippen MR) is 74.1 cm³/mol. The lowest BCUT2D eigenvalue weighted by Crippen LogP contribution is -2.11. The summed E-state index contributed by atoms with van der Waals surface area (Å²) < 4.78 is 0. The van der Waals surface area contributed by atoms with Crippen molar-refractivity contribution in [3.63, 3.8) is 0 Å². The largest absolute Gasteiger partial charge is 0.370 e. The molecule has 94 valence electrons. The fraction of sp³-hybridized carbons (Fsp3) is 0.231. The van der Waals surface area contributed by atoms with Crippen LogP contribution >= 0.6 is 0 Å². The third-order valence-electron chi connectivity index (χ3n) is 2.46. The molecule has 0 amide bonds. The zero-order chi connectivity index (χ0) is 12.8. The predicted octanol–water partition coefficient (Wildman–Crippen LogP) is 2.25. The molecular formula is C13H17N5. The fourth-order valence-electron chi connectivity index (χ4n) is 1.58. The van der Waals surface area contributed by atoms with Crippen LogP contribution in [0.3, 0.4) is 0 Å². The highest BCUT2D eigenvalue weighted by Crippen LogP contribution is 2.19. The van der Waals surface area contributed by atoms with Gasteiger partial charge in [0.15, 0.2) is 5.82 Å². The van der Waals surface area contributed by atoms with Gasteiger partial charge >= 0.3 is 0 Å². The van der Waals surface area contributed by atoms with Crippen LogP contribution in [0.15, 0.2) is 36.4 Å². The molecule has 0 unspecified atom stereocenters. The minimum atomic E-state index is 0.599. The van der Waals surface area contributed by atoms with E-state index in [9.17, 15) is 0 Å². The maximum absolute atomic E-state index is 5.43. The Bertz CT molecular complexity index is 498. The van der Waals surface area contributed by atoms with Crippen LogP contribution in [-0.4, -0.2) is 16.5 Å². The Morgan fingerprint density at radius 3 is 2.50 bits per heavy atom. The highest BCUT2D eigenvalue weighted by molar-refractivity contribution is 5.60. The Morgan fingerprint density at radius 1 is 1.11 bits per heavy atom. The molecule has 0 spiro atoms. The molecule has 2 rings (SSSR count). The first-order valence-corrected chi connectivity index (χ1v) is 5.98. The van der Waals surface area contributed by atoms with Gasteiger partial charge in [-0.25, -0.2) is 15.8 Å². The molecule has 5 nitrogen and oxygen atoms in total. The van der Waals surface area contributed by atoms with E-state index in [1.165, 1.54) is 0 Å². The van der Waals surface area contributed by atoms with E-state index in [4.69, 9.17) is 5.84 Å². The summed E-state index contributed by atoms with van der Waals surface area (Å²) in [5, 5.41) is 3.23. The van der Waals surface area contributed by atoms with Crippen molar-refractivity contribution < 1.29 is 0 Å². The van der Waals surface area contributed by atoms with Crippen LogP contribution in [0, 0.1) is 0 Å². The number of rotatable bonds is 5. The smallest absolute Gasteiger partial charge is 0.163 e. The van der Waals surface area contributed by atoms with E-state index in [-0.39, 0.29) is 0 Å². The summed E-state index contributed by atoms with van der Waals surface area (Å²) in [6.45, 7) is 2.98. The SMILES string of the molecule is CCCNc1cc(NN)nc(-c2ccccc2)n1. The van der Waals surface area contributed by atoms with Gasteiger partial charge in [0, 0.05) is 18.2 Å². The summed E-state index contributed by atoms with van der Waals surface area (Å²) in [7, 11) is 0. The number of nitrogens with zero attached hydrogens (tertiary/aromatic N) is 2. The van der Waals surface area contributed by atoms with E-state index in [1.807, 2.05) is 30.3 Å². The molecule has 0 aliphatic carbocycles. The van der Waals surface area contributed by atoms with Crippen molar-refractivity contribution in [1.29, 1.82) is 0 Å². The van der Waals surface area contributed by atoms with E-state index in [2.05, 4.69) is 27.6 Å². The van der Waals surface area contributed by atoms with Gasteiger partial charge < -0.3 is 10.7 Å². The summed E-state index contributed by atoms with van der Waals surface area (Å²) in [6.07, 6.45) is 1.04. The molecule has 1 heterocycles. The van der Waals surface area contributed by atoms with Crippen molar-refractivity contribution in [1.82, 2.24) is 9.97 Å².